The van der Waals surface area contributed by atoms with Gasteiger partial charge in [-0.3, -0.25) is 15.6 Å². The number of nitrogens with one attached hydrogen (secondary N) is 2. The molecular weight excluding hydrogens is 210 g/mol. The van der Waals surface area contributed by atoms with Crippen LogP contribution in [0.3, 0.4) is 0 Å². The summed E-state index contributed by atoms with van der Waals surface area (Å²) < 4.78 is 0. The summed E-state index contributed by atoms with van der Waals surface area (Å²) in [6.07, 6.45) is 0. The summed E-state index contributed by atoms with van der Waals surface area (Å²) in [4.78, 5) is 16.3. The van der Waals surface area contributed by atoms with Crippen molar-refractivity contribution in [3.05, 3.63) is 24.3 Å². The maximum Gasteiger partial charge on any atom is 0.235 e. The number of aliphatic imine (C=N–C) groups is 1. The van der Waals surface area contributed by atoms with E-state index >= 15 is 0 Å². The zero-order valence-electron chi connectivity index (χ0n) is 8.28. The fourth-order valence-electron chi connectivity index (χ4n) is 1.22. The maximum absolute atomic E-state index is 10.7. The molecule has 0 spiro atoms. The van der Waals surface area contributed by atoms with Gasteiger partial charge in [0.1, 0.15) is 5.84 Å². The number of hydrazine groups is 1. The van der Waals surface area contributed by atoms with Crippen molar-refractivity contribution in [2.45, 2.75) is 11.8 Å². The summed E-state index contributed by atoms with van der Waals surface area (Å²) in [7, 11) is 0. The molecule has 1 aromatic rings. The van der Waals surface area contributed by atoms with E-state index in [0.29, 0.717) is 0 Å². The number of fused-ring (bicyclic) bond motifs is 1. The van der Waals surface area contributed by atoms with Gasteiger partial charge in [0.05, 0.1) is 11.4 Å². The lowest BCUT2D eigenvalue weighted by molar-refractivity contribution is -0.119. The molecule has 2 rings (SSSR count). The molecule has 1 aliphatic rings. The second-order valence-electron chi connectivity index (χ2n) is 3.12. The molecule has 0 radical (unpaired) electrons. The van der Waals surface area contributed by atoms with Gasteiger partial charge in [0.25, 0.3) is 0 Å². The highest BCUT2D eigenvalue weighted by atomic mass is 32.2. The zero-order valence-corrected chi connectivity index (χ0v) is 9.10. The topological polar surface area (TPSA) is 53.5 Å². The van der Waals surface area contributed by atoms with Crippen LogP contribution in [0, 0.1) is 0 Å². The number of thioether (sulfide) groups is 1. The molecule has 0 aliphatic carbocycles. The van der Waals surface area contributed by atoms with Crippen LogP contribution in [0.5, 0.6) is 0 Å². The predicted molar refractivity (Wildman–Crippen MR) is 61.2 cm³/mol. The summed E-state index contributed by atoms with van der Waals surface area (Å²) in [6.45, 7) is 1.46. The number of nitrogens with zero attached hydrogens (tertiary/aromatic N) is 1. The van der Waals surface area contributed by atoms with Gasteiger partial charge in [-0.25, -0.2) is 4.99 Å². The largest absolute Gasteiger partial charge is 0.285 e. The molecule has 0 aromatic heterocycles. The van der Waals surface area contributed by atoms with Crippen molar-refractivity contribution in [3.63, 3.8) is 0 Å². The van der Waals surface area contributed by atoms with E-state index in [9.17, 15) is 4.79 Å². The van der Waals surface area contributed by atoms with Crippen molar-refractivity contribution in [2.75, 3.05) is 5.75 Å². The van der Waals surface area contributed by atoms with Crippen LogP contribution >= 0.6 is 11.8 Å². The van der Waals surface area contributed by atoms with Crippen LogP contribution in [0.15, 0.2) is 34.2 Å². The van der Waals surface area contributed by atoms with Gasteiger partial charge < -0.3 is 0 Å². The third-order valence-corrected chi connectivity index (χ3v) is 2.94. The number of para-hydroxylation sites is 1. The number of carbonyl (C=O) groups excluding carboxylic acids is 1. The minimum atomic E-state index is -0.124. The Kier molecular flexibility index (Phi) is 2.91. The average Bonchev–Trinajstić information content (AvgIpc) is 2.26. The third kappa shape index (κ3) is 2.50. The number of amides is 1. The van der Waals surface area contributed by atoms with E-state index in [1.165, 1.54) is 11.8 Å². The molecule has 5 heteroatoms. The lowest BCUT2D eigenvalue weighted by Gasteiger charge is -2.15. The summed E-state index contributed by atoms with van der Waals surface area (Å²) >= 11 is 1.70. The molecule has 2 N–H and O–H groups in total. The van der Waals surface area contributed by atoms with Crippen molar-refractivity contribution in [1.82, 2.24) is 10.9 Å². The molecular formula is C10H11N3OS. The fourth-order valence-corrected chi connectivity index (χ4v) is 2.08. The molecule has 0 bridgehead atoms. The third-order valence-electron chi connectivity index (χ3n) is 1.87. The van der Waals surface area contributed by atoms with E-state index in [1.54, 1.807) is 11.8 Å². The fraction of sp³-hybridized carbons (Fsp3) is 0.200. The summed E-state index contributed by atoms with van der Waals surface area (Å²) in [6, 6.07) is 7.94. The van der Waals surface area contributed by atoms with Gasteiger partial charge in [0, 0.05) is 11.8 Å². The molecule has 0 saturated carbocycles. The van der Waals surface area contributed by atoms with Crippen LogP contribution in [0.25, 0.3) is 0 Å². The Bertz CT molecular complexity index is 417. The lowest BCUT2D eigenvalue weighted by atomic mass is 10.3. The summed E-state index contributed by atoms with van der Waals surface area (Å²) in [5.41, 5.74) is 6.25. The first kappa shape index (κ1) is 10.0. The highest BCUT2D eigenvalue weighted by Gasteiger charge is 2.11. The Hall–Kier alpha value is -1.49. The normalized spacial score (nSPS) is 13.8. The molecule has 0 atom stereocenters. The smallest absolute Gasteiger partial charge is 0.235 e. The first-order chi connectivity index (χ1) is 7.25. The van der Waals surface area contributed by atoms with Crippen molar-refractivity contribution in [3.8, 4) is 0 Å². The minimum Gasteiger partial charge on any atom is -0.285 e. The van der Waals surface area contributed by atoms with Crippen LogP contribution in [0.4, 0.5) is 5.69 Å². The van der Waals surface area contributed by atoms with Crippen LogP contribution in [0.2, 0.25) is 0 Å². The lowest BCUT2D eigenvalue weighted by Crippen LogP contribution is -2.41. The second kappa shape index (κ2) is 4.35. The van der Waals surface area contributed by atoms with Crippen molar-refractivity contribution in [1.29, 1.82) is 0 Å². The molecule has 4 nitrogen and oxygen atoms in total. The number of carbonyl (C=O) groups is 1. The molecule has 1 aromatic carbocycles. The van der Waals surface area contributed by atoms with Gasteiger partial charge in [0.15, 0.2) is 0 Å². The van der Waals surface area contributed by atoms with Gasteiger partial charge >= 0.3 is 0 Å². The Labute approximate surface area is 92.1 Å². The van der Waals surface area contributed by atoms with E-state index in [4.69, 9.17) is 0 Å². The molecule has 15 heavy (non-hydrogen) atoms. The highest BCUT2D eigenvalue weighted by molar-refractivity contribution is 8.00. The molecule has 1 aliphatic heterocycles. The van der Waals surface area contributed by atoms with Crippen LogP contribution in [-0.2, 0) is 4.79 Å². The number of rotatable bonds is 0. The van der Waals surface area contributed by atoms with Crippen LogP contribution in [-0.4, -0.2) is 17.5 Å². The molecule has 0 fully saturated rings. The predicted octanol–water partition coefficient (Wildman–Crippen LogP) is 1.46. The van der Waals surface area contributed by atoms with Gasteiger partial charge in [-0.2, -0.15) is 0 Å². The number of hydrogen-bond acceptors (Lipinski definition) is 4. The minimum absolute atomic E-state index is 0.124. The SMILES string of the molecule is CC(=O)NNC1=Nc2ccccc2SC1. The monoisotopic (exact) mass is 221 g/mol. The van der Waals surface area contributed by atoms with Crippen molar-refractivity contribution >= 4 is 29.2 Å². The van der Waals surface area contributed by atoms with E-state index in [-0.39, 0.29) is 5.91 Å². The molecule has 0 unspecified atom stereocenters. The molecule has 1 amide bonds. The molecule has 1 heterocycles. The number of hydrogen-bond donors (Lipinski definition) is 2. The Morgan fingerprint density at radius 3 is 3.07 bits per heavy atom. The van der Waals surface area contributed by atoms with E-state index in [2.05, 4.69) is 15.8 Å². The number of amidine groups is 1. The van der Waals surface area contributed by atoms with E-state index < -0.39 is 0 Å². The molecule has 78 valence electrons. The van der Waals surface area contributed by atoms with Crippen LogP contribution in [0.1, 0.15) is 6.92 Å². The van der Waals surface area contributed by atoms with Gasteiger partial charge in [-0.05, 0) is 12.1 Å². The van der Waals surface area contributed by atoms with E-state index in [0.717, 1.165) is 17.3 Å². The second-order valence-corrected chi connectivity index (χ2v) is 4.14. The Morgan fingerprint density at radius 1 is 1.47 bits per heavy atom. The Morgan fingerprint density at radius 2 is 2.27 bits per heavy atom. The quantitative estimate of drug-likeness (QED) is 0.652. The summed E-state index contributed by atoms with van der Waals surface area (Å²) in [5, 5.41) is 0. The number of benzene rings is 1. The Balaban J connectivity index is 2.11. The summed E-state index contributed by atoms with van der Waals surface area (Å²) in [5.74, 6) is 1.40. The van der Waals surface area contributed by atoms with Gasteiger partial charge in [-0.15, -0.1) is 11.8 Å². The first-order valence-corrected chi connectivity index (χ1v) is 5.56. The van der Waals surface area contributed by atoms with Gasteiger partial charge in [0.2, 0.25) is 5.91 Å². The first-order valence-electron chi connectivity index (χ1n) is 4.58. The zero-order chi connectivity index (χ0) is 10.7. The van der Waals surface area contributed by atoms with Crippen molar-refractivity contribution in [2.24, 2.45) is 4.99 Å². The van der Waals surface area contributed by atoms with Gasteiger partial charge in [-0.1, -0.05) is 12.1 Å². The van der Waals surface area contributed by atoms with Crippen LogP contribution < -0.4 is 10.9 Å². The van der Waals surface area contributed by atoms with Crippen molar-refractivity contribution < 1.29 is 4.79 Å². The maximum atomic E-state index is 10.7. The average molecular weight is 221 g/mol. The standard InChI is InChI=1S/C10H11N3OS/c1-7(14)12-13-10-6-15-9-5-3-2-4-8(9)11-10/h2-5H,6H2,1H3,(H,11,13)(H,12,14). The molecule has 0 saturated heterocycles. The highest BCUT2D eigenvalue weighted by Crippen LogP contribution is 2.32. The van der Waals surface area contributed by atoms with E-state index in [1.807, 2.05) is 24.3 Å².